The second kappa shape index (κ2) is 6.23. The van der Waals surface area contributed by atoms with Crippen LogP contribution in [0.5, 0.6) is 0 Å². The molecule has 1 aromatic carbocycles. The number of rotatable bonds is 4. The maximum atomic E-state index is 10.5. The molecule has 0 saturated carbocycles. The number of aliphatic carboxylic acids is 1. The number of hydrogen-bond donors (Lipinski definition) is 1. The Hall–Kier alpha value is -1.03. The van der Waals surface area contributed by atoms with E-state index in [1.807, 2.05) is 6.07 Å². The Balaban J connectivity index is 1.85. The van der Waals surface area contributed by atoms with Gasteiger partial charge in [-0.2, -0.15) is 0 Å². The molecule has 0 spiro atoms. The topological polar surface area (TPSA) is 40.5 Å². The van der Waals surface area contributed by atoms with Gasteiger partial charge in [0.25, 0.3) is 0 Å². The monoisotopic (exact) mass is 311 g/mol. The van der Waals surface area contributed by atoms with Gasteiger partial charge in [-0.05, 0) is 43.4 Å². The molecule has 1 aliphatic rings. The predicted octanol–water partition coefficient (Wildman–Crippen LogP) is 3.53. The summed E-state index contributed by atoms with van der Waals surface area (Å²) in [4.78, 5) is 12.9. The number of nitrogens with zero attached hydrogens (tertiary/aromatic N) is 1. The Labute approximate surface area is 116 Å². The number of piperidine rings is 1. The second-order valence-electron chi connectivity index (χ2n) is 4.84. The predicted molar refractivity (Wildman–Crippen MR) is 75.9 cm³/mol. The highest BCUT2D eigenvalue weighted by Gasteiger charge is 2.20. The van der Waals surface area contributed by atoms with E-state index in [-0.39, 0.29) is 0 Å². The van der Waals surface area contributed by atoms with Crippen molar-refractivity contribution in [3.8, 4) is 0 Å². The van der Waals surface area contributed by atoms with E-state index >= 15 is 0 Å². The average Bonchev–Trinajstić information content (AvgIpc) is 2.37. The molecule has 1 aliphatic heterocycles. The van der Waals surface area contributed by atoms with Gasteiger partial charge in [-0.1, -0.05) is 22.0 Å². The third-order valence-corrected chi connectivity index (χ3v) is 4.05. The van der Waals surface area contributed by atoms with E-state index in [0.29, 0.717) is 12.3 Å². The lowest BCUT2D eigenvalue weighted by atomic mass is 9.92. The molecular formula is C14H18BrNO2. The maximum absolute atomic E-state index is 10.5. The molecule has 1 heterocycles. The number of hydrogen-bond acceptors (Lipinski definition) is 2. The van der Waals surface area contributed by atoms with Gasteiger partial charge < -0.3 is 10.0 Å². The van der Waals surface area contributed by atoms with Crippen molar-refractivity contribution in [3.05, 3.63) is 28.7 Å². The summed E-state index contributed by atoms with van der Waals surface area (Å²) in [5, 5.41) is 8.69. The van der Waals surface area contributed by atoms with Crippen molar-refractivity contribution in [2.24, 2.45) is 5.92 Å². The van der Waals surface area contributed by atoms with Gasteiger partial charge in [0.2, 0.25) is 0 Å². The molecular weight excluding hydrogens is 294 g/mol. The van der Waals surface area contributed by atoms with Crippen molar-refractivity contribution in [3.63, 3.8) is 0 Å². The molecule has 4 heteroatoms. The van der Waals surface area contributed by atoms with E-state index in [0.717, 1.165) is 36.8 Å². The highest BCUT2D eigenvalue weighted by Crippen LogP contribution is 2.27. The van der Waals surface area contributed by atoms with E-state index in [2.05, 4.69) is 39.0 Å². The number of benzene rings is 1. The Kier molecular flexibility index (Phi) is 4.64. The zero-order valence-corrected chi connectivity index (χ0v) is 11.9. The van der Waals surface area contributed by atoms with Gasteiger partial charge in [0, 0.05) is 29.7 Å². The van der Waals surface area contributed by atoms with E-state index in [1.54, 1.807) is 0 Å². The summed E-state index contributed by atoms with van der Waals surface area (Å²) in [6.45, 7) is 2.06. The molecule has 3 nitrogen and oxygen atoms in total. The standard InChI is InChI=1S/C14H18BrNO2/c15-12-2-1-3-13(10-12)16-8-6-11(7-9-16)4-5-14(17)18/h1-3,10-11H,4-9H2,(H,17,18). The fraction of sp³-hybridized carbons (Fsp3) is 0.500. The highest BCUT2D eigenvalue weighted by atomic mass is 79.9. The summed E-state index contributed by atoms with van der Waals surface area (Å²) in [6.07, 6.45) is 3.32. The maximum Gasteiger partial charge on any atom is 0.303 e. The Morgan fingerprint density at radius 3 is 2.72 bits per heavy atom. The van der Waals surface area contributed by atoms with Crippen molar-refractivity contribution in [2.75, 3.05) is 18.0 Å². The molecule has 0 aromatic heterocycles. The van der Waals surface area contributed by atoms with Crippen molar-refractivity contribution in [2.45, 2.75) is 25.7 Å². The zero-order chi connectivity index (χ0) is 13.0. The highest BCUT2D eigenvalue weighted by molar-refractivity contribution is 9.10. The first-order valence-electron chi connectivity index (χ1n) is 6.37. The van der Waals surface area contributed by atoms with Crippen LogP contribution in [-0.4, -0.2) is 24.2 Å². The summed E-state index contributed by atoms with van der Waals surface area (Å²) < 4.78 is 1.10. The Bertz CT molecular complexity index is 414. The number of carboxylic acid groups (broad SMARTS) is 1. The lowest BCUT2D eigenvalue weighted by molar-refractivity contribution is -0.137. The first-order chi connectivity index (χ1) is 8.65. The van der Waals surface area contributed by atoms with Crippen LogP contribution in [0.1, 0.15) is 25.7 Å². The van der Waals surface area contributed by atoms with Crippen molar-refractivity contribution in [1.29, 1.82) is 0 Å². The van der Waals surface area contributed by atoms with Crippen LogP contribution in [0.25, 0.3) is 0 Å². The lowest BCUT2D eigenvalue weighted by Gasteiger charge is -2.33. The molecule has 0 radical (unpaired) electrons. The molecule has 0 amide bonds. The first-order valence-corrected chi connectivity index (χ1v) is 7.17. The van der Waals surface area contributed by atoms with Gasteiger partial charge in [-0.25, -0.2) is 0 Å². The zero-order valence-electron chi connectivity index (χ0n) is 10.3. The van der Waals surface area contributed by atoms with Crippen LogP contribution >= 0.6 is 15.9 Å². The number of anilines is 1. The van der Waals surface area contributed by atoms with Crippen LogP contribution in [0.4, 0.5) is 5.69 Å². The van der Waals surface area contributed by atoms with E-state index in [4.69, 9.17) is 5.11 Å². The van der Waals surface area contributed by atoms with E-state index in [1.165, 1.54) is 5.69 Å². The van der Waals surface area contributed by atoms with Gasteiger partial charge in [0.1, 0.15) is 0 Å². The van der Waals surface area contributed by atoms with Crippen molar-refractivity contribution in [1.82, 2.24) is 0 Å². The molecule has 0 atom stereocenters. The van der Waals surface area contributed by atoms with E-state index in [9.17, 15) is 4.79 Å². The van der Waals surface area contributed by atoms with Crippen LogP contribution < -0.4 is 4.90 Å². The third kappa shape index (κ3) is 3.73. The van der Waals surface area contributed by atoms with Gasteiger partial charge in [-0.3, -0.25) is 4.79 Å². The van der Waals surface area contributed by atoms with Crippen LogP contribution in [0.2, 0.25) is 0 Å². The quantitative estimate of drug-likeness (QED) is 0.924. The first kappa shape index (κ1) is 13.4. The summed E-state index contributed by atoms with van der Waals surface area (Å²) in [5.41, 5.74) is 1.25. The minimum absolute atomic E-state index is 0.307. The minimum Gasteiger partial charge on any atom is -0.481 e. The van der Waals surface area contributed by atoms with Crippen LogP contribution in [0.3, 0.4) is 0 Å². The van der Waals surface area contributed by atoms with Crippen LogP contribution in [0.15, 0.2) is 28.7 Å². The molecule has 1 N–H and O–H groups in total. The molecule has 1 saturated heterocycles. The molecule has 2 rings (SSSR count). The summed E-state index contributed by atoms with van der Waals surface area (Å²) in [6, 6.07) is 8.35. The Morgan fingerprint density at radius 2 is 2.11 bits per heavy atom. The molecule has 0 aliphatic carbocycles. The Morgan fingerprint density at radius 1 is 1.39 bits per heavy atom. The summed E-state index contributed by atoms with van der Waals surface area (Å²) >= 11 is 3.49. The summed E-state index contributed by atoms with van der Waals surface area (Å²) in [5.74, 6) is -0.103. The normalized spacial score (nSPS) is 16.8. The molecule has 98 valence electrons. The molecule has 18 heavy (non-hydrogen) atoms. The SMILES string of the molecule is O=C(O)CCC1CCN(c2cccc(Br)c2)CC1. The second-order valence-corrected chi connectivity index (χ2v) is 5.76. The molecule has 1 aromatic rings. The lowest BCUT2D eigenvalue weighted by Crippen LogP contribution is -2.33. The van der Waals surface area contributed by atoms with Crippen LogP contribution in [0, 0.1) is 5.92 Å². The smallest absolute Gasteiger partial charge is 0.303 e. The minimum atomic E-state index is -0.676. The number of halogens is 1. The van der Waals surface area contributed by atoms with Crippen molar-refractivity contribution >= 4 is 27.6 Å². The van der Waals surface area contributed by atoms with Gasteiger partial charge >= 0.3 is 5.97 Å². The average molecular weight is 312 g/mol. The summed E-state index contributed by atoms with van der Waals surface area (Å²) in [7, 11) is 0. The van der Waals surface area contributed by atoms with Gasteiger partial charge in [-0.15, -0.1) is 0 Å². The number of carbonyl (C=O) groups is 1. The fourth-order valence-electron chi connectivity index (χ4n) is 2.48. The fourth-order valence-corrected chi connectivity index (χ4v) is 2.87. The van der Waals surface area contributed by atoms with Gasteiger partial charge in [0.15, 0.2) is 0 Å². The third-order valence-electron chi connectivity index (χ3n) is 3.55. The van der Waals surface area contributed by atoms with Gasteiger partial charge in [0.05, 0.1) is 0 Å². The van der Waals surface area contributed by atoms with Crippen molar-refractivity contribution < 1.29 is 9.90 Å². The molecule has 0 bridgehead atoms. The van der Waals surface area contributed by atoms with E-state index < -0.39 is 5.97 Å². The largest absolute Gasteiger partial charge is 0.481 e. The number of carboxylic acids is 1. The molecule has 1 fully saturated rings. The molecule has 0 unspecified atom stereocenters. The van der Waals surface area contributed by atoms with Crippen LogP contribution in [-0.2, 0) is 4.79 Å².